The Hall–Kier alpha value is -2.73. The van der Waals surface area contributed by atoms with E-state index in [0.29, 0.717) is 6.54 Å². The van der Waals surface area contributed by atoms with Crippen LogP contribution in [0.15, 0.2) is 54.6 Å². The highest BCUT2D eigenvalue weighted by Crippen LogP contribution is 2.21. The van der Waals surface area contributed by atoms with Crippen LogP contribution < -0.4 is 11.1 Å². The number of halogens is 1. The van der Waals surface area contributed by atoms with Gasteiger partial charge in [0.05, 0.1) is 12.5 Å². The van der Waals surface area contributed by atoms with Gasteiger partial charge in [0.25, 0.3) is 0 Å². The normalized spacial score (nSPS) is 12.9. The standard InChI is InChI=1S/C21H26FN3O2/c1-3-25(14-19(26)24-13-16-9-11-18(22)12-10-16)21(27)15(2)20(23)17-7-5-4-6-8-17/h4-12,15,20H,3,13-14,23H2,1-2H3,(H,24,26). The molecule has 2 atom stereocenters. The lowest BCUT2D eigenvalue weighted by Gasteiger charge is -2.27. The molecule has 2 rings (SSSR count). The molecular weight excluding hydrogens is 345 g/mol. The zero-order valence-corrected chi connectivity index (χ0v) is 15.7. The van der Waals surface area contributed by atoms with Crippen molar-refractivity contribution in [1.82, 2.24) is 10.2 Å². The molecular formula is C21H26FN3O2. The fraction of sp³-hybridized carbons (Fsp3) is 0.333. The predicted octanol–water partition coefficient (Wildman–Crippen LogP) is 2.63. The molecule has 6 heteroatoms. The fourth-order valence-electron chi connectivity index (χ4n) is 2.78. The third-order valence-electron chi connectivity index (χ3n) is 4.54. The van der Waals surface area contributed by atoms with Crippen molar-refractivity contribution in [3.63, 3.8) is 0 Å². The summed E-state index contributed by atoms with van der Waals surface area (Å²) in [6.07, 6.45) is 0. The summed E-state index contributed by atoms with van der Waals surface area (Å²) in [6.45, 7) is 4.26. The summed E-state index contributed by atoms with van der Waals surface area (Å²) in [5.41, 5.74) is 7.91. The van der Waals surface area contributed by atoms with Gasteiger partial charge in [-0.1, -0.05) is 49.4 Å². The fourth-order valence-corrected chi connectivity index (χ4v) is 2.78. The lowest BCUT2D eigenvalue weighted by Crippen LogP contribution is -2.44. The molecule has 0 aromatic heterocycles. The molecule has 0 bridgehead atoms. The molecule has 0 fully saturated rings. The number of likely N-dealkylation sites (N-methyl/N-ethyl adjacent to an activating group) is 1. The Labute approximate surface area is 159 Å². The molecule has 2 unspecified atom stereocenters. The van der Waals surface area contributed by atoms with Gasteiger partial charge in [-0.25, -0.2) is 4.39 Å². The van der Waals surface area contributed by atoms with E-state index < -0.39 is 12.0 Å². The van der Waals surface area contributed by atoms with Crippen LogP contribution in [0.2, 0.25) is 0 Å². The molecule has 2 aromatic rings. The average molecular weight is 371 g/mol. The Bertz CT molecular complexity index is 750. The van der Waals surface area contributed by atoms with E-state index >= 15 is 0 Å². The first kappa shape index (κ1) is 20.6. The number of hydrogen-bond acceptors (Lipinski definition) is 3. The zero-order chi connectivity index (χ0) is 19.8. The molecule has 2 aromatic carbocycles. The molecule has 0 spiro atoms. The maximum absolute atomic E-state index is 12.9. The van der Waals surface area contributed by atoms with E-state index in [1.165, 1.54) is 17.0 Å². The molecule has 5 nitrogen and oxygen atoms in total. The molecule has 0 radical (unpaired) electrons. The summed E-state index contributed by atoms with van der Waals surface area (Å²) in [5.74, 6) is -1.20. The number of nitrogens with two attached hydrogens (primary N) is 1. The van der Waals surface area contributed by atoms with Crippen LogP contribution in [0, 0.1) is 11.7 Å². The first-order valence-electron chi connectivity index (χ1n) is 9.02. The first-order valence-corrected chi connectivity index (χ1v) is 9.02. The summed E-state index contributed by atoms with van der Waals surface area (Å²) in [6, 6.07) is 14.9. The minimum atomic E-state index is -0.447. The largest absolute Gasteiger partial charge is 0.350 e. The molecule has 0 aliphatic heterocycles. The van der Waals surface area contributed by atoms with Crippen LogP contribution in [-0.2, 0) is 16.1 Å². The number of hydrogen-bond donors (Lipinski definition) is 2. The molecule has 2 amide bonds. The second-order valence-electron chi connectivity index (χ2n) is 6.48. The summed E-state index contributed by atoms with van der Waals surface area (Å²) < 4.78 is 12.9. The van der Waals surface area contributed by atoms with Crippen LogP contribution in [0.25, 0.3) is 0 Å². The number of carbonyl (C=O) groups excluding carboxylic acids is 2. The Morgan fingerprint density at radius 1 is 1.11 bits per heavy atom. The van der Waals surface area contributed by atoms with E-state index in [2.05, 4.69) is 5.32 Å². The van der Waals surface area contributed by atoms with Crippen molar-refractivity contribution in [3.05, 3.63) is 71.5 Å². The Morgan fingerprint density at radius 3 is 2.33 bits per heavy atom. The van der Waals surface area contributed by atoms with Gasteiger partial charge in [-0.05, 0) is 30.2 Å². The van der Waals surface area contributed by atoms with Gasteiger partial charge in [-0.2, -0.15) is 0 Å². The quantitative estimate of drug-likeness (QED) is 0.749. The van der Waals surface area contributed by atoms with E-state index in [4.69, 9.17) is 5.73 Å². The molecule has 0 saturated heterocycles. The second kappa shape index (κ2) is 9.83. The van der Waals surface area contributed by atoms with E-state index in [1.807, 2.05) is 37.3 Å². The van der Waals surface area contributed by atoms with Gasteiger partial charge < -0.3 is 16.0 Å². The summed E-state index contributed by atoms with van der Waals surface area (Å²) >= 11 is 0. The van der Waals surface area contributed by atoms with E-state index in [1.54, 1.807) is 19.1 Å². The van der Waals surface area contributed by atoms with Crippen LogP contribution in [0.3, 0.4) is 0 Å². The lowest BCUT2D eigenvalue weighted by atomic mass is 9.94. The van der Waals surface area contributed by atoms with Crippen LogP contribution in [0.5, 0.6) is 0 Å². The Kier molecular flexibility index (Phi) is 7.49. The van der Waals surface area contributed by atoms with Crippen molar-refractivity contribution in [2.75, 3.05) is 13.1 Å². The third-order valence-corrected chi connectivity index (χ3v) is 4.54. The second-order valence-corrected chi connectivity index (χ2v) is 6.48. The maximum Gasteiger partial charge on any atom is 0.239 e. The van der Waals surface area contributed by atoms with Gasteiger partial charge in [-0.15, -0.1) is 0 Å². The number of rotatable bonds is 8. The molecule has 3 N–H and O–H groups in total. The zero-order valence-electron chi connectivity index (χ0n) is 15.7. The minimum Gasteiger partial charge on any atom is -0.350 e. The van der Waals surface area contributed by atoms with E-state index in [9.17, 15) is 14.0 Å². The molecule has 0 aliphatic rings. The van der Waals surface area contributed by atoms with Crippen molar-refractivity contribution in [1.29, 1.82) is 0 Å². The van der Waals surface area contributed by atoms with Crippen LogP contribution in [0.4, 0.5) is 4.39 Å². The van der Waals surface area contributed by atoms with Gasteiger partial charge in [-0.3, -0.25) is 9.59 Å². The highest BCUT2D eigenvalue weighted by molar-refractivity contribution is 5.86. The van der Waals surface area contributed by atoms with Crippen molar-refractivity contribution >= 4 is 11.8 Å². The van der Waals surface area contributed by atoms with Crippen LogP contribution >= 0.6 is 0 Å². The number of nitrogens with zero attached hydrogens (tertiary/aromatic N) is 1. The van der Waals surface area contributed by atoms with Crippen LogP contribution in [0.1, 0.15) is 31.0 Å². The summed E-state index contributed by atoms with van der Waals surface area (Å²) in [7, 11) is 0. The maximum atomic E-state index is 12.9. The number of nitrogens with one attached hydrogen (secondary N) is 1. The van der Waals surface area contributed by atoms with Crippen molar-refractivity contribution in [2.45, 2.75) is 26.4 Å². The Morgan fingerprint density at radius 2 is 1.74 bits per heavy atom. The topological polar surface area (TPSA) is 75.4 Å². The smallest absolute Gasteiger partial charge is 0.239 e. The average Bonchev–Trinajstić information content (AvgIpc) is 2.70. The highest BCUT2D eigenvalue weighted by atomic mass is 19.1. The van der Waals surface area contributed by atoms with Gasteiger partial charge in [0.2, 0.25) is 11.8 Å². The first-order chi connectivity index (χ1) is 12.9. The third kappa shape index (κ3) is 5.89. The van der Waals surface area contributed by atoms with Gasteiger partial charge >= 0.3 is 0 Å². The Balaban J connectivity index is 1.91. The predicted molar refractivity (Wildman–Crippen MR) is 103 cm³/mol. The monoisotopic (exact) mass is 371 g/mol. The van der Waals surface area contributed by atoms with Crippen LogP contribution in [-0.4, -0.2) is 29.8 Å². The van der Waals surface area contributed by atoms with Crippen molar-refractivity contribution in [2.24, 2.45) is 11.7 Å². The molecule has 27 heavy (non-hydrogen) atoms. The molecule has 0 heterocycles. The highest BCUT2D eigenvalue weighted by Gasteiger charge is 2.27. The summed E-state index contributed by atoms with van der Waals surface area (Å²) in [5, 5.41) is 2.75. The van der Waals surface area contributed by atoms with Gasteiger partial charge in [0.1, 0.15) is 5.82 Å². The number of benzene rings is 2. The number of carbonyl (C=O) groups is 2. The van der Waals surface area contributed by atoms with Gasteiger partial charge in [0.15, 0.2) is 0 Å². The van der Waals surface area contributed by atoms with E-state index in [-0.39, 0.29) is 30.7 Å². The van der Waals surface area contributed by atoms with Gasteiger partial charge in [0, 0.05) is 19.1 Å². The molecule has 144 valence electrons. The molecule has 0 aliphatic carbocycles. The summed E-state index contributed by atoms with van der Waals surface area (Å²) in [4.78, 5) is 26.5. The molecule has 0 saturated carbocycles. The minimum absolute atomic E-state index is 0.0393. The lowest BCUT2D eigenvalue weighted by molar-refractivity contribution is -0.139. The number of amides is 2. The van der Waals surface area contributed by atoms with Crippen molar-refractivity contribution in [3.8, 4) is 0 Å². The van der Waals surface area contributed by atoms with E-state index in [0.717, 1.165) is 11.1 Å². The van der Waals surface area contributed by atoms with Crippen molar-refractivity contribution < 1.29 is 14.0 Å². The SMILES string of the molecule is CCN(CC(=O)NCc1ccc(F)cc1)C(=O)C(C)C(N)c1ccccc1.